The van der Waals surface area contributed by atoms with Crippen LogP contribution in [-0.4, -0.2) is 41.9 Å². The number of nitrogens with zero attached hydrogens (tertiary/aromatic N) is 4. The van der Waals surface area contributed by atoms with Crippen molar-refractivity contribution >= 4 is 17.3 Å². The number of rotatable bonds is 4. The van der Waals surface area contributed by atoms with Crippen LogP contribution in [0.1, 0.15) is 17.3 Å². The zero-order valence-corrected chi connectivity index (χ0v) is 15.7. The number of anilines is 2. The molecule has 0 aliphatic carbocycles. The Kier molecular flexibility index (Phi) is 5.02. The Morgan fingerprint density at radius 2 is 1.68 bits per heavy atom. The molecule has 142 valence electrons. The third-order valence-electron chi connectivity index (χ3n) is 4.98. The van der Waals surface area contributed by atoms with Crippen LogP contribution in [0.15, 0.2) is 60.9 Å². The van der Waals surface area contributed by atoms with Gasteiger partial charge in [0.25, 0.3) is 0 Å². The molecule has 5 nitrogen and oxygen atoms in total. The van der Waals surface area contributed by atoms with E-state index in [9.17, 15) is 9.18 Å². The topological polar surface area (TPSA) is 49.3 Å². The third-order valence-corrected chi connectivity index (χ3v) is 4.98. The van der Waals surface area contributed by atoms with Crippen LogP contribution in [0.5, 0.6) is 0 Å². The molecule has 1 saturated heterocycles. The molecule has 0 amide bonds. The Bertz CT molecular complexity index is 982. The first kappa shape index (κ1) is 18.1. The molecule has 4 rings (SSSR count). The Morgan fingerprint density at radius 1 is 0.964 bits per heavy atom. The molecule has 2 heterocycles. The van der Waals surface area contributed by atoms with Gasteiger partial charge in [-0.1, -0.05) is 12.1 Å². The molecule has 28 heavy (non-hydrogen) atoms. The second-order valence-electron chi connectivity index (χ2n) is 6.85. The van der Waals surface area contributed by atoms with Gasteiger partial charge in [-0.25, -0.2) is 9.37 Å². The van der Waals surface area contributed by atoms with Crippen molar-refractivity contribution in [2.75, 3.05) is 36.0 Å². The van der Waals surface area contributed by atoms with Gasteiger partial charge in [-0.15, -0.1) is 0 Å². The fourth-order valence-corrected chi connectivity index (χ4v) is 3.40. The van der Waals surface area contributed by atoms with Crippen molar-refractivity contribution in [1.29, 1.82) is 0 Å². The van der Waals surface area contributed by atoms with Crippen LogP contribution < -0.4 is 9.80 Å². The number of hydrogen-bond acceptors (Lipinski definition) is 5. The molecule has 0 spiro atoms. The molecule has 0 radical (unpaired) electrons. The lowest BCUT2D eigenvalue weighted by Crippen LogP contribution is -2.46. The highest BCUT2D eigenvalue weighted by Gasteiger charge is 2.19. The van der Waals surface area contributed by atoms with Crippen molar-refractivity contribution in [3.8, 4) is 11.3 Å². The molecule has 0 unspecified atom stereocenters. The first-order valence-corrected chi connectivity index (χ1v) is 9.29. The normalized spacial score (nSPS) is 14.2. The smallest absolute Gasteiger partial charge is 0.159 e. The zero-order valence-electron chi connectivity index (χ0n) is 15.7. The summed E-state index contributed by atoms with van der Waals surface area (Å²) in [7, 11) is 0. The molecular weight excluding hydrogens is 355 g/mol. The number of ketones is 1. The van der Waals surface area contributed by atoms with Crippen LogP contribution in [0.25, 0.3) is 11.3 Å². The second-order valence-corrected chi connectivity index (χ2v) is 6.85. The van der Waals surface area contributed by atoms with Gasteiger partial charge in [0.05, 0.1) is 18.1 Å². The van der Waals surface area contributed by atoms with Crippen LogP contribution >= 0.6 is 0 Å². The summed E-state index contributed by atoms with van der Waals surface area (Å²) in [5.41, 5.74) is 3.23. The predicted octanol–water partition coefficient (Wildman–Crippen LogP) is 3.81. The number of benzene rings is 2. The Morgan fingerprint density at radius 3 is 2.36 bits per heavy atom. The Labute approximate surface area is 163 Å². The summed E-state index contributed by atoms with van der Waals surface area (Å²) in [6.45, 7) is 4.91. The number of piperazine rings is 1. The van der Waals surface area contributed by atoms with Gasteiger partial charge in [0.15, 0.2) is 5.78 Å². The lowest BCUT2D eigenvalue weighted by atomic mass is 10.1. The summed E-state index contributed by atoms with van der Waals surface area (Å²) in [5, 5.41) is 0. The summed E-state index contributed by atoms with van der Waals surface area (Å²) in [5.74, 6) is 0.593. The van der Waals surface area contributed by atoms with E-state index < -0.39 is 0 Å². The minimum Gasteiger partial charge on any atom is -0.368 e. The number of carbonyl (C=O) groups is 1. The minimum atomic E-state index is -0.283. The fourth-order valence-electron chi connectivity index (χ4n) is 3.40. The standard InChI is InChI=1S/C22H21FN4O/c1-16(28)17-5-7-20(8-6-17)26-9-11-27(12-10-26)22-15-24-14-21(25-22)18-3-2-4-19(23)13-18/h2-8,13-15H,9-12H2,1H3. The quantitative estimate of drug-likeness (QED) is 0.648. The van der Waals surface area contributed by atoms with Gasteiger partial charge in [0.2, 0.25) is 0 Å². The molecule has 2 aromatic carbocycles. The average Bonchev–Trinajstić information content (AvgIpc) is 2.74. The van der Waals surface area contributed by atoms with Crippen LogP contribution in [0, 0.1) is 5.82 Å². The van der Waals surface area contributed by atoms with E-state index in [1.165, 1.54) is 12.1 Å². The number of aromatic nitrogens is 2. The highest BCUT2D eigenvalue weighted by Crippen LogP contribution is 2.23. The van der Waals surface area contributed by atoms with Gasteiger partial charge in [0.1, 0.15) is 11.6 Å². The van der Waals surface area contributed by atoms with Crippen molar-refractivity contribution in [3.63, 3.8) is 0 Å². The molecule has 6 heteroatoms. The molecule has 3 aromatic rings. The summed E-state index contributed by atoms with van der Waals surface area (Å²) < 4.78 is 13.5. The molecule has 1 aliphatic heterocycles. The summed E-state index contributed by atoms with van der Waals surface area (Å²) in [4.78, 5) is 24.9. The van der Waals surface area contributed by atoms with E-state index in [0.717, 1.165) is 48.8 Å². The number of hydrogen-bond donors (Lipinski definition) is 0. The average molecular weight is 376 g/mol. The molecule has 1 fully saturated rings. The van der Waals surface area contributed by atoms with E-state index in [-0.39, 0.29) is 11.6 Å². The first-order chi connectivity index (χ1) is 13.6. The van der Waals surface area contributed by atoms with Gasteiger partial charge < -0.3 is 9.80 Å². The monoisotopic (exact) mass is 376 g/mol. The third kappa shape index (κ3) is 3.86. The highest BCUT2D eigenvalue weighted by atomic mass is 19.1. The van der Waals surface area contributed by atoms with Gasteiger partial charge in [-0.2, -0.15) is 0 Å². The lowest BCUT2D eigenvalue weighted by molar-refractivity contribution is 0.101. The summed E-state index contributed by atoms with van der Waals surface area (Å²) in [6, 6.07) is 14.1. The van der Waals surface area contributed by atoms with E-state index in [4.69, 9.17) is 0 Å². The van der Waals surface area contributed by atoms with Gasteiger partial charge in [0, 0.05) is 43.0 Å². The lowest BCUT2D eigenvalue weighted by Gasteiger charge is -2.36. The van der Waals surface area contributed by atoms with Crippen molar-refractivity contribution < 1.29 is 9.18 Å². The molecule has 0 atom stereocenters. The Hall–Kier alpha value is -3.28. The summed E-state index contributed by atoms with van der Waals surface area (Å²) in [6.07, 6.45) is 3.41. The molecule has 0 bridgehead atoms. The SMILES string of the molecule is CC(=O)c1ccc(N2CCN(c3cncc(-c4cccc(F)c4)n3)CC2)cc1. The van der Waals surface area contributed by atoms with Crippen molar-refractivity contribution in [2.45, 2.75) is 6.92 Å². The molecule has 0 N–H and O–H groups in total. The van der Waals surface area contributed by atoms with E-state index in [1.54, 1.807) is 25.4 Å². The van der Waals surface area contributed by atoms with E-state index in [2.05, 4.69) is 19.8 Å². The highest BCUT2D eigenvalue weighted by molar-refractivity contribution is 5.94. The number of halogens is 1. The van der Waals surface area contributed by atoms with Crippen molar-refractivity contribution in [3.05, 3.63) is 72.3 Å². The summed E-state index contributed by atoms with van der Waals surface area (Å²) >= 11 is 0. The Balaban J connectivity index is 1.45. The number of Topliss-reactive ketones (excluding diaryl/α,β-unsaturated/α-hetero) is 1. The van der Waals surface area contributed by atoms with Gasteiger partial charge in [-0.05, 0) is 43.3 Å². The van der Waals surface area contributed by atoms with Crippen molar-refractivity contribution in [1.82, 2.24) is 9.97 Å². The second kappa shape index (κ2) is 7.76. The van der Waals surface area contributed by atoms with Gasteiger partial charge >= 0.3 is 0 Å². The van der Waals surface area contributed by atoms with Crippen molar-refractivity contribution in [2.24, 2.45) is 0 Å². The maximum atomic E-state index is 13.5. The van der Waals surface area contributed by atoms with E-state index in [1.807, 2.05) is 30.3 Å². The molecule has 0 saturated carbocycles. The van der Waals surface area contributed by atoms with Gasteiger partial charge in [-0.3, -0.25) is 9.78 Å². The fraction of sp³-hybridized carbons (Fsp3) is 0.227. The maximum Gasteiger partial charge on any atom is 0.159 e. The van der Waals surface area contributed by atoms with Crippen LogP contribution in [0.4, 0.5) is 15.9 Å². The minimum absolute atomic E-state index is 0.0770. The van der Waals surface area contributed by atoms with E-state index >= 15 is 0 Å². The zero-order chi connectivity index (χ0) is 19.5. The van der Waals surface area contributed by atoms with E-state index in [0.29, 0.717) is 5.69 Å². The maximum absolute atomic E-state index is 13.5. The molecule has 1 aromatic heterocycles. The molecule has 1 aliphatic rings. The largest absolute Gasteiger partial charge is 0.368 e. The first-order valence-electron chi connectivity index (χ1n) is 9.29. The molecular formula is C22H21FN4O. The predicted molar refractivity (Wildman–Crippen MR) is 108 cm³/mol. The van der Waals surface area contributed by atoms with Crippen LogP contribution in [0.2, 0.25) is 0 Å². The van der Waals surface area contributed by atoms with Crippen LogP contribution in [0.3, 0.4) is 0 Å². The van der Waals surface area contributed by atoms with Crippen LogP contribution in [-0.2, 0) is 0 Å². The number of carbonyl (C=O) groups excluding carboxylic acids is 1.